The lowest BCUT2D eigenvalue weighted by atomic mass is 9.97. The Bertz CT molecular complexity index is 1620. The number of benzene rings is 2. The van der Waals surface area contributed by atoms with Crippen LogP contribution in [0.25, 0.3) is 22.3 Å². The lowest BCUT2D eigenvalue weighted by molar-refractivity contribution is -0.352. The summed E-state index contributed by atoms with van der Waals surface area (Å²) in [7, 11) is 5.52. The molecular formula is C31H38O17. The van der Waals surface area contributed by atoms with Crippen molar-refractivity contribution >= 4 is 11.0 Å². The van der Waals surface area contributed by atoms with Crippen LogP contribution in [0.15, 0.2) is 39.5 Å². The van der Waals surface area contributed by atoms with E-state index in [1.807, 2.05) is 0 Å². The number of aliphatic hydroxyl groups excluding tert-OH is 7. The van der Waals surface area contributed by atoms with Crippen molar-refractivity contribution in [3.8, 4) is 40.1 Å². The van der Waals surface area contributed by atoms with Crippen LogP contribution >= 0.6 is 0 Å². The van der Waals surface area contributed by atoms with Gasteiger partial charge in [0.25, 0.3) is 0 Å². The Kier molecular flexibility index (Phi) is 11.0. The van der Waals surface area contributed by atoms with Crippen LogP contribution < -0.4 is 29.1 Å². The molecule has 1 aromatic heterocycles. The van der Waals surface area contributed by atoms with Gasteiger partial charge in [-0.1, -0.05) is 0 Å². The highest BCUT2D eigenvalue weighted by Crippen LogP contribution is 2.44. The average Bonchev–Trinajstić information content (AvgIpc) is 3.10. The van der Waals surface area contributed by atoms with Crippen molar-refractivity contribution in [3.05, 3.63) is 40.6 Å². The second-order valence-electron chi connectivity index (χ2n) is 11.0. The van der Waals surface area contributed by atoms with Crippen molar-refractivity contribution in [3.63, 3.8) is 0 Å². The largest absolute Gasteiger partial charge is 0.493 e. The van der Waals surface area contributed by atoms with Crippen LogP contribution in [-0.2, 0) is 14.2 Å². The summed E-state index contributed by atoms with van der Waals surface area (Å²) >= 11 is 0. The molecule has 48 heavy (non-hydrogen) atoms. The number of aliphatic hydroxyl groups is 7. The quantitative estimate of drug-likeness (QED) is 0.122. The van der Waals surface area contributed by atoms with E-state index < -0.39 is 80.1 Å². The third-order valence-electron chi connectivity index (χ3n) is 8.17. The molecule has 2 aliphatic heterocycles. The molecule has 0 bridgehead atoms. The van der Waals surface area contributed by atoms with Crippen molar-refractivity contribution in [1.82, 2.24) is 0 Å². The van der Waals surface area contributed by atoms with Crippen LogP contribution in [0.4, 0.5) is 0 Å². The predicted octanol–water partition coefficient (Wildman–Crippen LogP) is -1.50. The highest BCUT2D eigenvalue weighted by Gasteiger charge is 2.51. The normalized spacial score (nSPS) is 30.6. The van der Waals surface area contributed by atoms with E-state index in [2.05, 4.69) is 0 Å². The van der Waals surface area contributed by atoms with Gasteiger partial charge >= 0.3 is 0 Å². The molecule has 0 aliphatic carbocycles. The van der Waals surface area contributed by atoms with Crippen molar-refractivity contribution in [2.45, 2.75) is 61.4 Å². The number of ether oxygens (including phenoxy) is 8. The van der Waals surface area contributed by atoms with Gasteiger partial charge in [-0.3, -0.25) is 4.79 Å². The van der Waals surface area contributed by atoms with Crippen LogP contribution in [0.5, 0.6) is 28.7 Å². The molecular weight excluding hydrogens is 644 g/mol. The van der Waals surface area contributed by atoms with Gasteiger partial charge in [0.1, 0.15) is 65.6 Å². The second kappa shape index (κ2) is 14.8. The Labute approximate surface area is 272 Å². The topological polar surface area (TPSA) is 246 Å². The molecule has 0 radical (unpaired) electrons. The van der Waals surface area contributed by atoms with E-state index in [4.69, 9.17) is 42.3 Å². The first-order valence-electron chi connectivity index (χ1n) is 14.7. The van der Waals surface area contributed by atoms with Crippen LogP contribution in [0, 0.1) is 0 Å². The van der Waals surface area contributed by atoms with Crippen molar-refractivity contribution in [2.24, 2.45) is 0 Å². The summed E-state index contributed by atoms with van der Waals surface area (Å²) in [5.41, 5.74) is -0.0109. The highest BCUT2D eigenvalue weighted by molar-refractivity contribution is 5.90. The molecule has 0 saturated carbocycles. The van der Waals surface area contributed by atoms with Gasteiger partial charge in [0.2, 0.25) is 12.0 Å². The maximum atomic E-state index is 13.4. The van der Waals surface area contributed by atoms with E-state index in [0.29, 0.717) is 17.1 Å². The zero-order valence-corrected chi connectivity index (χ0v) is 26.3. The second-order valence-corrected chi connectivity index (χ2v) is 11.0. The molecule has 10 unspecified atom stereocenters. The van der Waals surface area contributed by atoms with Crippen molar-refractivity contribution in [2.75, 3.05) is 41.7 Å². The predicted molar refractivity (Wildman–Crippen MR) is 161 cm³/mol. The van der Waals surface area contributed by atoms with Gasteiger partial charge in [-0.25, -0.2) is 0 Å². The molecule has 3 aromatic rings. The lowest BCUT2D eigenvalue weighted by Gasteiger charge is -2.45. The minimum atomic E-state index is -1.86. The van der Waals surface area contributed by atoms with Gasteiger partial charge in [-0.15, -0.1) is 0 Å². The maximum absolute atomic E-state index is 13.4. The minimum Gasteiger partial charge on any atom is -0.493 e. The summed E-state index contributed by atoms with van der Waals surface area (Å²) in [5, 5.41) is 72.2. The lowest BCUT2D eigenvalue weighted by Crippen LogP contribution is -2.65. The SMILES string of the molecule is COc1ccc(-c2cc(=O)c3c(OC)c(OC)c(OC4OC(CO)C(OC5OC(CO)C(O)C(O)C5O)C(O)C4O)cc3o2)cc1OC. The van der Waals surface area contributed by atoms with Crippen LogP contribution in [-0.4, -0.2) is 139 Å². The third kappa shape index (κ3) is 6.49. The minimum absolute atomic E-state index is 0.00619. The molecule has 0 spiro atoms. The van der Waals surface area contributed by atoms with E-state index in [0.717, 1.165) is 0 Å². The van der Waals surface area contributed by atoms with Gasteiger partial charge < -0.3 is 78.1 Å². The monoisotopic (exact) mass is 682 g/mol. The van der Waals surface area contributed by atoms with E-state index in [9.17, 15) is 40.5 Å². The molecule has 2 aromatic carbocycles. The smallest absolute Gasteiger partial charge is 0.229 e. The third-order valence-corrected chi connectivity index (χ3v) is 8.17. The fraction of sp³-hybridized carbons (Fsp3) is 0.516. The molecule has 17 heteroatoms. The first-order chi connectivity index (χ1) is 23.0. The Morgan fingerprint density at radius 3 is 1.94 bits per heavy atom. The van der Waals surface area contributed by atoms with E-state index in [-0.39, 0.29) is 34.0 Å². The molecule has 17 nitrogen and oxygen atoms in total. The van der Waals surface area contributed by atoms with Gasteiger partial charge in [-0.2, -0.15) is 0 Å². The maximum Gasteiger partial charge on any atom is 0.229 e. The van der Waals surface area contributed by atoms with Gasteiger partial charge in [0, 0.05) is 17.7 Å². The highest BCUT2D eigenvalue weighted by atomic mass is 16.7. The molecule has 5 rings (SSSR count). The molecule has 7 N–H and O–H groups in total. The van der Waals surface area contributed by atoms with Crippen LogP contribution in [0.3, 0.4) is 0 Å². The fourth-order valence-corrected chi connectivity index (χ4v) is 5.63. The average molecular weight is 683 g/mol. The van der Waals surface area contributed by atoms with Crippen LogP contribution in [0.2, 0.25) is 0 Å². The number of fused-ring (bicyclic) bond motifs is 1. The fourth-order valence-electron chi connectivity index (χ4n) is 5.63. The van der Waals surface area contributed by atoms with Gasteiger partial charge in [0.15, 0.2) is 34.7 Å². The number of hydrogen-bond acceptors (Lipinski definition) is 17. The molecule has 2 fully saturated rings. The number of hydrogen-bond donors (Lipinski definition) is 7. The summed E-state index contributed by atoms with van der Waals surface area (Å²) in [4.78, 5) is 13.4. The first-order valence-corrected chi connectivity index (χ1v) is 14.7. The Hall–Kier alpha value is -3.75. The van der Waals surface area contributed by atoms with Crippen LogP contribution in [0.1, 0.15) is 0 Å². The summed E-state index contributed by atoms with van der Waals surface area (Å²) < 4.78 is 50.3. The summed E-state index contributed by atoms with van der Waals surface area (Å²) in [6, 6.07) is 7.48. The Balaban J connectivity index is 1.46. The Morgan fingerprint density at radius 2 is 1.31 bits per heavy atom. The number of methoxy groups -OCH3 is 4. The molecule has 0 amide bonds. The number of rotatable bonds is 11. The van der Waals surface area contributed by atoms with Gasteiger partial charge in [0.05, 0.1) is 41.7 Å². The summed E-state index contributed by atoms with van der Waals surface area (Å²) in [5.74, 6) is 0.720. The zero-order valence-electron chi connectivity index (χ0n) is 26.3. The first kappa shape index (κ1) is 35.6. The van der Waals surface area contributed by atoms with Crippen molar-refractivity contribution in [1.29, 1.82) is 0 Å². The molecule has 10 atom stereocenters. The zero-order chi connectivity index (χ0) is 34.9. The molecule has 2 aliphatic rings. The Morgan fingerprint density at radius 1 is 0.667 bits per heavy atom. The van der Waals surface area contributed by atoms with Crippen molar-refractivity contribution < 1.29 is 78.1 Å². The van der Waals surface area contributed by atoms with E-state index >= 15 is 0 Å². The summed E-state index contributed by atoms with van der Waals surface area (Å²) in [6.45, 7) is -1.52. The van der Waals surface area contributed by atoms with Gasteiger partial charge in [-0.05, 0) is 18.2 Å². The van der Waals surface area contributed by atoms with E-state index in [1.165, 1.54) is 40.6 Å². The van der Waals surface area contributed by atoms with E-state index in [1.54, 1.807) is 18.2 Å². The standard InChI is InChI=1S/C31H38O17/c1-40-14-6-5-12(7-16(14)41-2)15-8-13(34)21-17(44-15)9-18(28(42-3)29(21)43-4)45-30-26(39)24(37)27(20(11-33)47-30)48-31-25(38)23(36)22(35)19(10-32)46-31/h5-9,19-20,22-27,30-33,35-39H,10-11H2,1-4H3. The summed E-state index contributed by atoms with van der Waals surface area (Å²) in [6.07, 6.45) is -16.6. The molecule has 3 heterocycles. The molecule has 2 saturated heterocycles. The molecule has 264 valence electrons.